The van der Waals surface area contributed by atoms with Gasteiger partial charge in [-0.3, -0.25) is 14.6 Å². The van der Waals surface area contributed by atoms with E-state index in [1.165, 1.54) is 18.5 Å². The van der Waals surface area contributed by atoms with Crippen LogP contribution in [0.2, 0.25) is 0 Å². The Balaban J connectivity index is 1.58. The molecule has 7 nitrogen and oxygen atoms in total. The van der Waals surface area contributed by atoms with Crippen LogP contribution in [0.3, 0.4) is 0 Å². The van der Waals surface area contributed by atoms with Gasteiger partial charge < -0.3 is 20.1 Å². The topological polar surface area (TPSA) is 91.8 Å². The number of carbonyl (C=O) groups is 2. The van der Waals surface area contributed by atoms with Crippen molar-refractivity contribution in [2.45, 2.75) is 18.4 Å². The summed E-state index contributed by atoms with van der Waals surface area (Å²) in [5.41, 5.74) is 2.28. The summed E-state index contributed by atoms with van der Waals surface area (Å²) in [5, 5.41) is 12.6. The van der Waals surface area contributed by atoms with Gasteiger partial charge in [0.15, 0.2) is 0 Å². The molecular weight excluding hydrogens is 334 g/mol. The number of anilines is 1. The Kier molecular flexibility index (Phi) is 4.30. The number of rotatable bonds is 3. The fourth-order valence-electron chi connectivity index (χ4n) is 3.67. The van der Waals surface area contributed by atoms with Crippen LogP contribution < -0.4 is 10.2 Å². The molecule has 2 aromatic rings. The van der Waals surface area contributed by atoms with E-state index in [-0.39, 0.29) is 36.1 Å². The van der Waals surface area contributed by atoms with Crippen LogP contribution in [0.15, 0.2) is 42.7 Å². The Morgan fingerprint density at radius 1 is 1.35 bits per heavy atom. The van der Waals surface area contributed by atoms with E-state index in [0.717, 1.165) is 11.3 Å². The lowest BCUT2D eigenvalue weighted by atomic mass is 9.94. The van der Waals surface area contributed by atoms with E-state index in [0.29, 0.717) is 25.1 Å². The second kappa shape index (κ2) is 6.76. The highest BCUT2D eigenvalue weighted by atomic mass is 16.5. The first-order chi connectivity index (χ1) is 12.6. The summed E-state index contributed by atoms with van der Waals surface area (Å²) in [6.45, 7) is 1.10. The van der Waals surface area contributed by atoms with E-state index < -0.39 is 0 Å². The number of amides is 2. The number of morpholine rings is 1. The Morgan fingerprint density at radius 2 is 2.19 bits per heavy atom. The summed E-state index contributed by atoms with van der Waals surface area (Å²) in [7, 11) is 0. The molecule has 1 saturated heterocycles. The van der Waals surface area contributed by atoms with Gasteiger partial charge in [-0.2, -0.15) is 0 Å². The maximum atomic E-state index is 12.9. The largest absolute Gasteiger partial charge is 0.506 e. The van der Waals surface area contributed by atoms with Gasteiger partial charge in [0.1, 0.15) is 12.4 Å². The summed E-state index contributed by atoms with van der Waals surface area (Å²) >= 11 is 0. The van der Waals surface area contributed by atoms with Gasteiger partial charge in [-0.05, 0) is 24.1 Å². The molecule has 2 N–H and O–H groups in total. The number of aromatic nitrogens is 1. The van der Waals surface area contributed by atoms with Crippen LogP contribution in [0.5, 0.6) is 5.75 Å². The first-order valence-electron chi connectivity index (χ1n) is 8.53. The molecule has 7 heteroatoms. The van der Waals surface area contributed by atoms with Crippen molar-refractivity contribution in [2.24, 2.45) is 0 Å². The van der Waals surface area contributed by atoms with E-state index in [1.54, 1.807) is 4.90 Å². The molecule has 0 bridgehead atoms. The predicted molar refractivity (Wildman–Crippen MR) is 94.1 cm³/mol. The molecule has 2 aliphatic heterocycles. The molecule has 4 rings (SSSR count). The quantitative estimate of drug-likeness (QED) is 0.871. The number of carbonyl (C=O) groups excluding carboxylic acids is 2. The lowest BCUT2D eigenvalue weighted by Crippen LogP contribution is -2.46. The summed E-state index contributed by atoms with van der Waals surface area (Å²) in [6, 6.07) is 9.13. The molecule has 1 aromatic carbocycles. The lowest BCUT2D eigenvalue weighted by molar-refractivity contribution is -0.131. The third-order valence-corrected chi connectivity index (χ3v) is 4.77. The number of benzene rings is 1. The summed E-state index contributed by atoms with van der Waals surface area (Å²) in [4.78, 5) is 30.1. The van der Waals surface area contributed by atoms with Crippen LogP contribution in [0.4, 0.5) is 5.69 Å². The summed E-state index contributed by atoms with van der Waals surface area (Å²) < 4.78 is 5.32. The minimum atomic E-state index is -0.202. The van der Waals surface area contributed by atoms with E-state index in [4.69, 9.17) is 4.74 Å². The molecule has 0 aliphatic carbocycles. The average molecular weight is 353 g/mol. The maximum Gasteiger partial charge on any atom is 0.260 e. The number of nitrogens with zero attached hydrogens (tertiary/aromatic N) is 2. The van der Waals surface area contributed by atoms with E-state index in [9.17, 15) is 14.7 Å². The monoisotopic (exact) mass is 353 g/mol. The van der Waals surface area contributed by atoms with Crippen molar-refractivity contribution in [3.63, 3.8) is 0 Å². The van der Waals surface area contributed by atoms with E-state index in [2.05, 4.69) is 10.3 Å². The number of hydrogen-bond acceptors (Lipinski definition) is 5. The molecule has 2 atom stereocenters. The number of aromatic hydroxyl groups is 1. The Morgan fingerprint density at radius 3 is 3.00 bits per heavy atom. The SMILES string of the molecule is O=C1COCC(CC2CN(C(=O)c3cncc(O)c3)c3ccccc32)N1. The van der Waals surface area contributed by atoms with Gasteiger partial charge in [-0.15, -0.1) is 0 Å². The normalized spacial score (nSPS) is 22.0. The van der Waals surface area contributed by atoms with Gasteiger partial charge in [-0.25, -0.2) is 0 Å². The molecule has 0 spiro atoms. The third kappa shape index (κ3) is 3.13. The number of ether oxygens (including phenoxy) is 1. The number of pyridine rings is 1. The maximum absolute atomic E-state index is 12.9. The first-order valence-corrected chi connectivity index (χ1v) is 8.53. The zero-order valence-electron chi connectivity index (χ0n) is 14.1. The Labute approximate surface area is 150 Å². The van der Waals surface area contributed by atoms with Crippen molar-refractivity contribution >= 4 is 17.5 Å². The molecule has 0 saturated carbocycles. The lowest BCUT2D eigenvalue weighted by Gasteiger charge is -2.26. The van der Waals surface area contributed by atoms with Gasteiger partial charge >= 0.3 is 0 Å². The van der Waals surface area contributed by atoms with E-state index >= 15 is 0 Å². The van der Waals surface area contributed by atoms with Crippen molar-refractivity contribution in [1.82, 2.24) is 10.3 Å². The summed E-state index contributed by atoms with van der Waals surface area (Å²) in [6.07, 6.45) is 3.45. The molecule has 26 heavy (non-hydrogen) atoms. The zero-order chi connectivity index (χ0) is 18.1. The fourth-order valence-corrected chi connectivity index (χ4v) is 3.67. The Bertz CT molecular complexity index is 854. The number of fused-ring (bicyclic) bond motifs is 1. The molecule has 0 radical (unpaired) electrons. The fraction of sp³-hybridized carbons (Fsp3) is 0.316. The first kappa shape index (κ1) is 16.5. The van der Waals surface area contributed by atoms with Gasteiger partial charge in [0.05, 0.1) is 24.4 Å². The summed E-state index contributed by atoms with van der Waals surface area (Å²) in [5.74, 6) is -0.243. The van der Waals surface area contributed by atoms with Gasteiger partial charge in [-0.1, -0.05) is 18.2 Å². The minimum absolute atomic E-state index is 0.0399. The molecule has 2 amide bonds. The molecule has 134 valence electrons. The smallest absolute Gasteiger partial charge is 0.260 e. The van der Waals surface area contributed by atoms with Crippen LogP contribution in [0.1, 0.15) is 28.3 Å². The van der Waals surface area contributed by atoms with E-state index in [1.807, 2.05) is 24.3 Å². The van der Waals surface area contributed by atoms with Crippen LogP contribution in [-0.4, -0.2) is 47.7 Å². The molecule has 1 fully saturated rings. The predicted octanol–water partition coefficient (Wildman–Crippen LogP) is 1.44. The molecular formula is C19H19N3O4. The van der Waals surface area contributed by atoms with Crippen LogP contribution in [0.25, 0.3) is 0 Å². The van der Waals surface area contributed by atoms with Crippen LogP contribution in [-0.2, 0) is 9.53 Å². The van der Waals surface area contributed by atoms with Gasteiger partial charge in [0.2, 0.25) is 5.91 Å². The highest BCUT2D eigenvalue weighted by Crippen LogP contribution is 2.39. The zero-order valence-corrected chi connectivity index (χ0v) is 14.1. The van der Waals surface area contributed by atoms with Crippen LogP contribution in [0, 0.1) is 0 Å². The van der Waals surface area contributed by atoms with Crippen molar-refractivity contribution in [1.29, 1.82) is 0 Å². The van der Waals surface area contributed by atoms with Gasteiger partial charge in [0, 0.05) is 24.3 Å². The average Bonchev–Trinajstić information content (AvgIpc) is 3.00. The Hall–Kier alpha value is -2.93. The van der Waals surface area contributed by atoms with Crippen molar-refractivity contribution < 1.29 is 19.4 Å². The molecule has 2 unspecified atom stereocenters. The van der Waals surface area contributed by atoms with Crippen LogP contribution >= 0.6 is 0 Å². The third-order valence-electron chi connectivity index (χ3n) is 4.77. The molecule has 3 heterocycles. The van der Waals surface area contributed by atoms with Crippen molar-refractivity contribution in [3.8, 4) is 5.75 Å². The highest BCUT2D eigenvalue weighted by Gasteiger charge is 2.35. The second-order valence-corrected chi connectivity index (χ2v) is 6.62. The molecule has 2 aliphatic rings. The standard InChI is InChI=1S/C19H19N3O4/c23-15-6-12(7-20-8-15)19(25)22-9-13(16-3-1-2-4-17(16)22)5-14-10-26-11-18(24)21-14/h1-4,6-8,13-14,23H,5,9-11H2,(H,21,24). The van der Waals surface area contributed by atoms with Crippen molar-refractivity contribution in [3.05, 3.63) is 53.9 Å². The molecule has 1 aromatic heterocycles. The number of para-hydroxylation sites is 1. The van der Waals surface area contributed by atoms with Gasteiger partial charge in [0.25, 0.3) is 5.91 Å². The second-order valence-electron chi connectivity index (χ2n) is 6.62. The highest BCUT2D eigenvalue weighted by molar-refractivity contribution is 6.07. The minimum Gasteiger partial charge on any atom is -0.506 e. The number of hydrogen-bond donors (Lipinski definition) is 2. The number of nitrogens with one attached hydrogen (secondary N) is 1. The van der Waals surface area contributed by atoms with Crippen molar-refractivity contribution in [2.75, 3.05) is 24.7 Å².